The van der Waals surface area contributed by atoms with Gasteiger partial charge in [-0.05, 0) is 51.2 Å². The van der Waals surface area contributed by atoms with Gasteiger partial charge in [-0.15, -0.1) is 0 Å². The maximum Gasteiger partial charge on any atom is 0.315 e. The Kier molecular flexibility index (Phi) is 6.31. The Labute approximate surface area is 120 Å². The third-order valence-electron chi connectivity index (χ3n) is 4.08. The minimum atomic E-state index is -0.0115. The molecule has 1 aliphatic carbocycles. The van der Waals surface area contributed by atoms with E-state index in [1.54, 1.807) is 0 Å². The average molecular weight is 286 g/mol. The Balaban J connectivity index is 1.54. The summed E-state index contributed by atoms with van der Waals surface area (Å²) >= 11 is 1.91. The molecule has 110 valence electrons. The summed E-state index contributed by atoms with van der Waals surface area (Å²) in [6.45, 7) is 1.60. The fourth-order valence-corrected chi connectivity index (χ4v) is 3.70. The summed E-state index contributed by atoms with van der Waals surface area (Å²) in [4.78, 5) is 11.8. The summed E-state index contributed by atoms with van der Waals surface area (Å²) in [5.74, 6) is 0. The van der Waals surface area contributed by atoms with E-state index in [4.69, 9.17) is 4.74 Å². The van der Waals surface area contributed by atoms with Crippen LogP contribution in [0.25, 0.3) is 0 Å². The first-order chi connectivity index (χ1) is 9.28. The first kappa shape index (κ1) is 15.0. The topological polar surface area (TPSA) is 50.4 Å². The summed E-state index contributed by atoms with van der Waals surface area (Å²) in [6.07, 6.45) is 10.5. The molecule has 2 rings (SSSR count). The van der Waals surface area contributed by atoms with Crippen LogP contribution in [-0.2, 0) is 4.74 Å². The molecule has 5 heteroatoms. The number of carbonyl (C=O) groups excluding carboxylic acids is 1. The number of carbonyl (C=O) groups is 1. The van der Waals surface area contributed by atoms with Crippen LogP contribution in [0.2, 0.25) is 0 Å². The number of urea groups is 1. The van der Waals surface area contributed by atoms with Gasteiger partial charge in [0.2, 0.25) is 0 Å². The lowest BCUT2D eigenvalue weighted by Crippen LogP contribution is -2.42. The van der Waals surface area contributed by atoms with Crippen molar-refractivity contribution in [2.45, 2.75) is 62.3 Å². The molecule has 1 saturated carbocycles. The van der Waals surface area contributed by atoms with Crippen molar-refractivity contribution < 1.29 is 9.53 Å². The number of hydrogen-bond donors (Lipinski definition) is 2. The molecule has 0 aromatic heterocycles. The predicted molar refractivity (Wildman–Crippen MR) is 79.7 cm³/mol. The fourth-order valence-electron chi connectivity index (χ4n) is 2.90. The van der Waals surface area contributed by atoms with E-state index in [1.807, 2.05) is 11.8 Å². The second-order valence-corrected chi connectivity index (χ2v) is 6.68. The molecule has 3 atom stereocenters. The number of amides is 2. The van der Waals surface area contributed by atoms with Crippen LogP contribution >= 0.6 is 11.8 Å². The number of rotatable bonds is 5. The Hall–Kier alpha value is -0.420. The number of thioether (sulfide) groups is 1. The van der Waals surface area contributed by atoms with Crippen LogP contribution in [0.3, 0.4) is 0 Å². The zero-order valence-electron chi connectivity index (χ0n) is 11.8. The maximum atomic E-state index is 11.8. The summed E-state index contributed by atoms with van der Waals surface area (Å²) in [7, 11) is 0. The van der Waals surface area contributed by atoms with Crippen LogP contribution in [0.4, 0.5) is 4.79 Å². The normalized spacial score (nSPS) is 31.1. The molecule has 2 aliphatic rings. The van der Waals surface area contributed by atoms with Gasteiger partial charge < -0.3 is 15.4 Å². The molecule has 1 aliphatic heterocycles. The van der Waals surface area contributed by atoms with E-state index < -0.39 is 0 Å². The summed E-state index contributed by atoms with van der Waals surface area (Å²) in [5, 5.41) is 6.75. The average Bonchev–Trinajstić information content (AvgIpc) is 2.87. The first-order valence-corrected chi connectivity index (χ1v) is 8.75. The molecule has 0 bridgehead atoms. The van der Waals surface area contributed by atoms with E-state index in [-0.39, 0.29) is 6.03 Å². The Morgan fingerprint density at radius 1 is 1.32 bits per heavy atom. The molecule has 2 N–H and O–H groups in total. The van der Waals surface area contributed by atoms with Gasteiger partial charge in [0, 0.05) is 24.4 Å². The molecule has 0 aromatic rings. The molecule has 4 nitrogen and oxygen atoms in total. The van der Waals surface area contributed by atoms with Gasteiger partial charge in [-0.1, -0.05) is 0 Å². The molecule has 0 radical (unpaired) electrons. The van der Waals surface area contributed by atoms with Crippen LogP contribution in [0.15, 0.2) is 0 Å². The van der Waals surface area contributed by atoms with Gasteiger partial charge in [0.25, 0.3) is 0 Å². The highest BCUT2D eigenvalue weighted by molar-refractivity contribution is 7.99. The molecule has 0 aromatic carbocycles. The van der Waals surface area contributed by atoms with Gasteiger partial charge in [-0.2, -0.15) is 11.8 Å². The van der Waals surface area contributed by atoms with Crippen molar-refractivity contribution in [2.75, 3.05) is 19.4 Å². The van der Waals surface area contributed by atoms with Crippen LogP contribution in [0, 0.1) is 0 Å². The second kappa shape index (κ2) is 8.00. The molecule has 1 saturated heterocycles. The molecule has 1 heterocycles. The zero-order chi connectivity index (χ0) is 13.5. The highest BCUT2D eigenvalue weighted by atomic mass is 32.2. The highest BCUT2D eigenvalue weighted by Gasteiger charge is 2.25. The first-order valence-electron chi connectivity index (χ1n) is 7.46. The van der Waals surface area contributed by atoms with Gasteiger partial charge in [-0.3, -0.25) is 0 Å². The second-order valence-electron chi connectivity index (χ2n) is 5.55. The van der Waals surface area contributed by atoms with Crippen molar-refractivity contribution in [1.82, 2.24) is 10.6 Å². The van der Waals surface area contributed by atoms with Gasteiger partial charge in [0.15, 0.2) is 0 Å². The molecule has 2 amide bonds. The van der Waals surface area contributed by atoms with Gasteiger partial charge in [-0.25, -0.2) is 4.79 Å². The predicted octanol–water partition coefficient (Wildman–Crippen LogP) is 2.53. The SMILES string of the molecule is CS[C@@H]1CC[C@@H](NC(=O)NCC[C@H]2CCCCO2)C1. The van der Waals surface area contributed by atoms with E-state index in [1.165, 1.54) is 19.3 Å². The third kappa shape index (κ3) is 5.22. The monoisotopic (exact) mass is 286 g/mol. The van der Waals surface area contributed by atoms with Crippen LogP contribution < -0.4 is 10.6 Å². The standard InChI is InChI=1S/C14H26N2O2S/c1-19-13-6-5-11(10-13)16-14(17)15-8-7-12-4-2-3-9-18-12/h11-13H,2-10H2,1H3,(H2,15,16,17)/t11-,12-,13-/m1/s1. The lowest BCUT2D eigenvalue weighted by molar-refractivity contribution is 0.0120. The molecule has 0 unspecified atom stereocenters. The third-order valence-corrected chi connectivity index (χ3v) is 5.17. The minimum absolute atomic E-state index is 0.0115. The number of ether oxygens (including phenoxy) is 1. The van der Waals surface area contributed by atoms with Crippen molar-refractivity contribution in [3.8, 4) is 0 Å². The Bertz CT molecular complexity index is 283. The smallest absolute Gasteiger partial charge is 0.315 e. The Morgan fingerprint density at radius 3 is 2.89 bits per heavy atom. The number of nitrogens with one attached hydrogen (secondary N) is 2. The highest BCUT2D eigenvalue weighted by Crippen LogP contribution is 2.27. The summed E-state index contributed by atoms with van der Waals surface area (Å²) < 4.78 is 5.65. The van der Waals surface area contributed by atoms with Crippen molar-refractivity contribution in [2.24, 2.45) is 0 Å². The van der Waals surface area contributed by atoms with E-state index in [0.717, 1.165) is 44.1 Å². The van der Waals surface area contributed by atoms with Gasteiger partial charge in [0.1, 0.15) is 0 Å². The Morgan fingerprint density at radius 2 is 2.21 bits per heavy atom. The summed E-state index contributed by atoms with van der Waals surface area (Å²) in [6, 6.07) is 0.353. The van der Waals surface area contributed by atoms with Crippen LogP contribution in [0.5, 0.6) is 0 Å². The maximum absolute atomic E-state index is 11.8. The quantitative estimate of drug-likeness (QED) is 0.816. The largest absolute Gasteiger partial charge is 0.378 e. The van der Waals surface area contributed by atoms with Crippen LogP contribution in [-0.4, -0.2) is 42.8 Å². The fraction of sp³-hybridized carbons (Fsp3) is 0.929. The van der Waals surface area contributed by atoms with Crippen LogP contribution in [0.1, 0.15) is 44.9 Å². The molecular formula is C14H26N2O2S. The van der Waals surface area contributed by atoms with E-state index >= 15 is 0 Å². The van der Waals surface area contributed by atoms with E-state index in [0.29, 0.717) is 12.1 Å². The van der Waals surface area contributed by atoms with Gasteiger partial charge in [0.05, 0.1) is 6.10 Å². The summed E-state index contributed by atoms with van der Waals surface area (Å²) in [5.41, 5.74) is 0. The number of hydrogen-bond acceptors (Lipinski definition) is 3. The van der Waals surface area contributed by atoms with Crippen molar-refractivity contribution in [1.29, 1.82) is 0 Å². The van der Waals surface area contributed by atoms with E-state index in [2.05, 4.69) is 16.9 Å². The molecule has 0 spiro atoms. The molecule has 2 fully saturated rings. The van der Waals surface area contributed by atoms with Crippen molar-refractivity contribution in [3.05, 3.63) is 0 Å². The molecule has 19 heavy (non-hydrogen) atoms. The van der Waals surface area contributed by atoms with Gasteiger partial charge >= 0.3 is 6.03 Å². The lowest BCUT2D eigenvalue weighted by atomic mass is 10.1. The van der Waals surface area contributed by atoms with Crippen molar-refractivity contribution >= 4 is 17.8 Å². The lowest BCUT2D eigenvalue weighted by Gasteiger charge is -2.22. The molecular weight excluding hydrogens is 260 g/mol. The van der Waals surface area contributed by atoms with Crippen molar-refractivity contribution in [3.63, 3.8) is 0 Å². The minimum Gasteiger partial charge on any atom is -0.378 e. The van der Waals surface area contributed by atoms with E-state index in [9.17, 15) is 4.79 Å². The zero-order valence-corrected chi connectivity index (χ0v) is 12.6.